The lowest BCUT2D eigenvalue weighted by atomic mass is 10.2. The molecule has 4 aromatic rings. The second-order valence-corrected chi connectivity index (χ2v) is 7.63. The summed E-state index contributed by atoms with van der Waals surface area (Å²) in [5.41, 5.74) is 2.05. The third-order valence-corrected chi connectivity index (χ3v) is 5.68. The van der Waals surface area contributed by atoms with Crippen molar-refractivity contribution in [1.82, 2.24) is 24.6 Å². The lowest BCUT2D eigenvalue weighted by Gasteiger charge is -2.36. The first-order chi connectivity index (χ1) is 15.1. The van der Waals surface area contributed by atoms with Crippen LogP contribution in [0.1, 0.15) is 0 Å². The Morgan fingerprint density at radius 1 is 1.13 bits per heavy atom. The summed E-state index contributed by atoms with van der Waals surface area (Å²) in [6, 6.07) is 8.88. The zero-order valence-corrected chi connectivity index (χ0v) is 17.2. The Morgan fingerprint density at radius 2 is 1.97 bits per heavy atom. The Kier molecular flexibility index (Phi) is 4.95. The summed E-state index contributed by atoms with van der Waals surface area (Å²) in [5.74, 6) is 0.408. The zero-order chi connectivity index (χ0) is 21.4. The monoisotopic (exact) mass is 438 g/mol. The highest BCUT2D eigenvalue weighted by atomic mass is 35.5. The summed E-state index contributed by atoms with van der Waals surface area (Å²) in [6.07, 6.45) is 4.71. The van der Waals surface area contributed by atoms with Gasteiger partial charge >= 0.3 is 0 Å². The first-order valence-electron chi connectivity index (χ1n) is 9.83. The second kappa shape index (κ2) is 7.92. The van der Waals surface area contributed by atoms with E-state index in [9.17, 15) is 9.90 Å². The average Bonchev–Trinajstić information content (AvgIpc) is 3.43. The van der Waals surface area contributed by atoms with Crippen molar-refractivity contribution in [2.24, 2.45) is 0 Å². The third kappa shape index (κ3) is 3.68. The predicted octanol–water partition coefficient (Wildman–Crippen LogP) is 2.79. The summed E-state index contributed by atoms with van der Waals surface area (Å²) >= 11 is 5.90. The van der Waals surface area contributed by atoms with Crippen molar-refractivity contribution in [2.75, 3.05) is 31.1 Å². The Labute approximate surface area is 182 Å². The van der Waals surface area contributed by atoms with Crippen LogP contribution < -0.4 is 4.90 Å². The van der Waals surface area contributed by atoms with E-state index in [-0.39, 0.29) is 18.2 Å². The van der Waals surface area contributed by atoms with Crippen molar-refractivity contribution in [3.05, 3.63) is 54.0 Å². The van der Waals surface area contributed by atoms with Gasteiger partial charge in [-0.15, -0.1) is 0 Å². The number of halogens is 1. The molecular formula is C21H19ClN6O3. The number of carbonyl (C=O) groups is 1. The normalized spacial score (nSPS) is 14.4. The van der Waals surface area contributed by atoms with Gasteiger partial charge in [-0.25, -0.2) is 14.6 Å². The molecule has 0 atom stereocenters. The topological polar surface area (TPSA) is 101 Å². The smallest absolute Gasteiger partial charge is 0.245 e. The molecule has 1 aliphatic rings. The van der Waals surface area contributed by atoms with Gasteiger partial charge in [0, 0.05) is 44.1 Å². The standard InChI is InChI=1S/C21H19ClN6O3/c22-16-4-3-14(12-17(16)29)26-7-9-27(10-8-26)18(30)13-28-19(21-24-6-11-31-21)15-2-1-5-23-20(15)25-28/h1-6,11-12,29H,7-10,13H2. The van der Waals surface area contributed by atoms with Gasteiger partial charge in [-0.1, -0.05) is 11.6 Å². The molecule has 0 bridgehead atoms. The molecule has 5 rings (SSSR count). The van der Waals surface area contributed by atoms with Gasteiger partial charge in [-0.2, -0.15) is 5.10 Å². The number of rotatable bonds is 4. The van der Waals surface area contributed by atoms with Crippen LogP contribution in [0.15, 0.2) is 53.4 Å². The molecule has 9 nitrogen and oxygen atoms in total. The molecule has 0 spiro atoms. The van der Waals surface area contributed by atoms with Crippen molar-refractivity contribution in [3.63, 3.8) is 0 Å². The number of aromatic nitrogens is 4. The number of aromatic hydroxyl groups is 1. The summed E-state index contributed by atoms with van der Waals surface area (Å²) in [7, 11) is 0. The van der Waals surface area contributed by atoms with Crippen LogP contribution in [0.4, 0.5) is 5.69 Å². The molecular weight excluding hydrogens is 420 g/mol. The quantitative estimate of drug-likeness (QED) is 0.522. The van der Waals surface area contributed by atoms with Crippen LogP contribution in [0.2, 0.25) is 5.02 Å². The van der Waals surface area contributed by atoms with Crippen LogP contribution in [0.5, 0.6) is 5.75 Å². The molecule has 1 fully saturated rings. The Hall–Kier alpha value is -3.59. The van der Waals surface area contributed by atoms with Crippen molar-refractivity contribution in [3.8, 4) is 17.3 Å². The molecule has 0 radical (unpaired) electrons. The first kappa shape index (κ1) is 19.4. The van der Waals surface area contributed by atoms with Gasteiger partial charge in [0.25, 0.3) is 0 Å². The number of oxazole rings is 1. The van der Waals surface area contributed by atoms with Crippen LogP contribution >= 0.6 is 11.6 Å². The SMILES string of the molecule is O=C(Cn1nc2ncccc2c1-c1ncco1)N1CCN(c2ccc(Cl)c(O)c2)CC1. The van der Waals surface area contributed by atoms with E-state index in [0.717, 1.165) is 11.1 Å². The number of amides is 1. The molecule has 0 aliphatic carbocycles. The molecule has 1 aromatic carbocycles. The van der Waals surface area contributed by atoms with Gasteiger partial charge in [-0.05, 0) is 24.3 Å². The molecule has 0 unspecified atom stereocenters. The number of nitrogens with zero attached hydrogens (tertiary/aromatic N) is 6. The fourth-order valence-electron chi connectivity index (χ4n) is 3.79. The molecule has 0 saturated carbocycles. The number of phenols is 1. The van der Waals surface area contributed by atoms with Crippen molar-refractivity contribution in [1.29, 1.82) is 0 Å². The van der Waals surface area contributed by atoms with E-state index in [1.807, 2.05) is 23.1 Å². The fraction of sp³-hybridized carbons (Fsp3) is 0.238. The number of fused-ring (bicyclic) bond motifs is 1. The fourth-order valence-corrected chi connectivity index (χ4v) is 3.90. The number of carbonyl (C=O) groups excluding carboxylic acids is 1. The number of hydrogen-bond acceptors (Lipinski definition) is 7. The molecule has 31 heavy (non-hydrogen) atoms. The molecule has 3 aromatic heterocycles. The minimum Gasteiger partial charge on any atom is -0.506 e. The lowest BCUT2D eigenvalue weighted by Crippen LogP contribution is -2.49. The maximum absolute atomic E-state index is 13.0. The Bertz CT molecular complexity index is 1230. The first-order valence-corrected chi connectivity index (χ1v) is 10.2. The molecule has 158 valence electrons. The highest BCUT2D eigenvalue weighted by molar-refractivity contribution is 6.32. The third-order valence-electron chi connectivity index (χ3n) is 5.36. The molecule has 1 amide bonds. The Balaban J connectivity index is 1.32. The molecule has 10 heteroatoms. The van der Waals surface area contributed by atoms with E-state index in [0.29, 0.717) is 48.4 Å². The molecule has 1 N–H and O–H groups in total. The number of anilines is 1. The lowest BCUT2D eigenvalue weighted by molar-refractivity contribution is -0.132. The largest absolute Gasteiger partial charge is 0.506 e. The van der Waals surface area contributed by atoms with Crippen molar-refractivity contribution in [2.45, 2.75) is 6.54 Å². The average molecular weight is 439 g/mol. The van der Waals surface area contributed by atoms with Crippen molar-refractivity contribution >= 4 is 34.2 Å². The maximum Gasteiger partial charge on any atom is 0.245 e. The van der Waals surface area contributed by atoms with Gasteiger partial charge in [0.2, 0.25) is 11.8 Å². The van der Waals surface area contributed by atoms with Gasteiger partial charge in [0.05, 0.1) is 16.6 Å². The van der Waals surface area contributed by atoms with E-state index >= 15 is 0 Å². The van der Waals surface area contributed by atoms with E-state index in [2.05, 4.69) is 20.0 Å². The van der Waals surface area contributed by atoms with Crippen LogP contribution in [-0.2, 0) is 11.3 Å². The van der Waals surface area contributed by atoms with E-state index in [1.54, 1.807) is 29.2 Å². The number of pyridine rings is 1. The summed E-state index contributed by atoms with van der Waals surface area (Å²) in [6.45, 7) is 2.51. The molecule has 1 aliphatic heterocycles. The second-order valence-electron chi connectivity index (χ2n) is 7.22. The van der Waals surface area contributed by atoms with Crippen LogP contribution in [0.3, 0.4) is 0 Å². The van der Waals surface area contributed by atoms with Crippen LogP contribution in [-0.4, -0.2) is 61.8 Å². The van der Waals surface area contributed by atoms with E-state index < -0.39 is 0 Å². The van der Waals surface area contributed by atoms with Crippen molar-refractivity contribution < 1.29 is 14.3 Å². The molecule has 1 saturated heterocycles. The summed E-state index contributed by atoms with van der Waals surface area (Å²) in [5, 5.41) is 15.4. The molecule has 4 heterocycles. The minimum absolute atomic E-state index is 0.0424. The maximum atomic E-state index is 13.0. The summed E-state index contributed by atoms with van der Waals surface area (Å²) in [4.78, 5) is 25.5. The minimum atomic E-state index is -0.0424. The number of piperazine rings is 1. The van der Waals surface area contributed by atoms with Gasteiger partial charge in [0.15, 0.2) is 5.65 Å². The zero-order valence-electron chi connectivity index (χ0n) is 16.5. The Morgan fingerprint density at radius 3 is 2.71 bits per heavy atom. The van der Waals surface area contributed by atoms with E-state index in [1.165, 1.54) is 6.26 Å². The highest BCUT2D eigenvalue weighted by Gasteiger charge is 2.25. The van der Waals surface area contributed by atoms with E-state index in [4.69, 9.17) is 16.0 Å². The van der Waals surface area contributed by atoms with Crippen LogP contribution in [0, 0.1) is 0 Å². The van der Waals surface area contributed by atoms with Gasteiger partial charge in [-0.3, -0.25) is 4.79 Å². The highest BCUT2D eigenvalue weighted by Crippen LogP contribution is 2.29. The van der Waals surface area contributed by atoms with Crippen LogP contribution in [0.25, 0.3) is 22.6 Å². The number of hydrogen-bond donors (Lipinski definition) is 1. The summed E-state index contributed by atoms with van der Waals surface area (Å²) < 4.78 is 7.08. The number of benzene rings is 1. The number of phenolic OH excluding ortho intramolecular Hbond substituents is 1. The van der Waals surface area contributed by atoms with Gasteiger partial charge < -0.3 is 19.3 Å². The predicted molar refractivity (Wildman–Crippen MR) is 115 cm³/mol. The van der Waals surface area contributed by atoms with Gasteiger partial charge in [0.1, 0.15) is 24.3 Å².